The fourth-order valence-corrected chi connectivity index (χ4v) is 2.82. The molecule has 0 saturated heterocycles. The van der Waals surface area contributed by atoms with E-state index in [1.54, 1.807) is 0 Å². The summed E-state index contributed by atoms with van der Waals surface area (Å²) in [6, 6.07) is 7.53. The Morgan fingerprint density at radius 1 is 1.05 bits per heavy atom. The van der Waals surface area contributed by atoms with Crippen molar-refractivity contribution in [3.8, 4) is 0 Å². The highest BCUT2D eigenvalue weighted by atomic mass is 127. The Morgan fingerprint density at radius 2 is 1.52 bits per heavy atom. The van der Waals surface area contributed by atoms with Crippen molar-refractivity contribution < 1.29 is 8.42 Å². The fraction of sp³-hybridized carbons (Fsp3) is 0.500. The van der Waals surface area contributed by atoms with E-state index in [0.29, 0.717) is 6.54 Å². The second-order valence-corrected chi connectivity index (χ2v) is 7.38. The number of guanidine groups is 1. The fourth-order valence-electron chi connectivity index (χ4n) is 1.97. The molecule has 0 heterocycles. The number of aliphatic imine (C=N–C) groups is 1. The highest BCUT2D eigenvalue weighted by Crippen LogP contribution is 2.13. The molecule has 0 saturated carbocycles. The molecule has 0 bridgehead atoms. The molecule has 7 heteroatoms. The van der Waals surface area contributed by atoms with Crippen LogP contribution in [-0.4, -0.2) is 58.6 Å². The van der Waals surface area contributed by atoms with Gasteiger partial charge in [-0.25, -0.2) is 13.4 Å². The second kappa shape index (κ2) is 8.57. The van der Waals surface area contributed by atoms with Crippen LogP contribution < -0.4 is 0 Å². The van der Waals surface area contributed by atoms with E-state index in [9.17, 15) is 8.42 Å². The minimum Gasteiger partial charge on any atom is -0.349 e. The number of hydrogen-bond acceptors (Lipinski definition) is 3. The third-order valence-corrected chi connectivity index (χ3v) is 3.56. The van der Waals surface area contributed by atoms with Gasteiger partial charge < -0.3 is 9.80 Å². The molecular weight excluding hydrogens is 401 g/mol. The van der Waals surface area contributed by atoms with E-state index in [4.69, 9.17) is 0 Å². The summed E-state index contributed by atoms with van der Waals surface area (Å²) in [7, 11) is 4.69. The minimum absolute atomic E-state index is 0. The van der Waals surface area contributed by atoms with Gasteiger partial charge in [-0.3, -0.25) is 0 Å². The lowest BCUT2D eigenvalue weighted by Crippen LogP contribution is -2.35. The maximum Gasteiger partial charge on any atom is 0.195 e. The molecule has 21 heavy (non-hydrogen) atoms. The van der Waals surface area contributed by atoms with Gasteiger partial charge in [0.05, 0.1) is 12.3 Å². The quantitative estimate of drug-likeness (QED) is 0.420. The predicted octanol–water partition coefficient (Wildman–Crippen LogP) is 1.83. The van der Waals surface area contributed by atoms with E-state index in [-0.39, 0.29) is 29.7 Å². The summed E-state index contributed by atoms with van der Waals surface area (Å²) in [5, 5.41) is 0. The molecule has 0 radical (unpaired) electrons. The molecule has 0 fully saturated rings. The Bertz CT molecular complexity index is 574. The average Bonchev–Trinajstić information content (AvgIpc) is 2.28. The van der Waals surface area contributed by atoms with E-state index < -0.39 is 9.84 Å². The maximum atomic E-state index is 11.5. The first-order valence-electron chi connectivity index (χ1n) is 6.34. The van der Waals surface area contributed by atoms with Crippen LogP contribution in [0.1, 0.15) is 11.1 Å². The summed E-state index contributed by atoms with van der Waals surface area (Å²) in [5.41, 5.74) is 1.76. The van der Waals surface area contributed by atoms with Crippen molar-refractivity contribution in [3.63, 3.8) is 0 Å². The zero-order valence-electron chi connectivity index (χ0n) is 13.2. The Balaban J connectivity index is 0.00000400. The summed E-state index contributed by atoms with van der Waals surface area (Å²) in [4.78, 5) is 8.42. The van der Waals surface area contributed by atoms with Crippen molar-refractivity contribution in [3.05, 3.63) is 35.4 Å². The zero-order chi connectivity index (χ0) is 15.3. The van der Waals surface area contributed by atoms with Gasteiger partial charge in [0.15, 0.2) is 15.8 Å². The van der Waals surface area contributed by atoms with Crippen LogP contribution in [0, 0.1) is 0 Å². The van der Waals surface area contributed by atoms with Gasteiger partial charge in [0.25, 0.3) is 0 Å². The van der Waals surface area contributed by atoms with Crippen molar-refractivity contribution in [2.24, 2.45) is 4.99 Å². The predicted molar refractivity (Wildman–Crippen MR) is 98.9 cm³/mol. The normalized spacial score (nSPS) is 10.5. The summed E-state index contributed by atoms with van der Waals surface area (Å²) >= 11 is 0. The number of rotatable bonds is 4. The standard InChI is InChI=1S/C14H23N3O2S.HI/c1-16(2)14(17(3)4)15-10-12-8-6-7-9-13(12)11-20(5,18)19;/h6-9H,10-11H2,1-5H3;1H. The van der Waals surface area contributed by atoms with E-state index in [1.165, 1.54) is 6.26 Å². The Morgan fingerprint density at radius 3 is 1.95 bits per heavy atom. The first-order chi connectivity index (χ1) is 9.20. The molecule has 0 aromatic heterocycles. The largest absolute Gasteiger partial charge is 0.349 e. The van der Waals surface area contributed by atoms with Crippen LogP contribution in [0.15, 0.2) is 29.3 Å². The zero-order valence-corrected chi connectivity index (χ0v) is 16.3. The minimum atomic E-state index is -3.04. The molecular formula is C14H24IN3O2S. The summed E-state index contributed by atoms with van der Waals surface area (Å²) < 4.78 is 22.9. The topological polar surface area (TPSA) is 53.0 Å². The first-order valence-corrected chi connectivity index (χ1v) is 8.40. The van der Waals surface area contributed by atoms with Gasteiger partial charge in [-0.2, -0.15) is 0 Å². The Labute approximate surface area is 145 Å². The van der Waals surface area contributed by atoms with Crippen LogP contribution in [0.2, 0.25) is 0 Å². The second-order valence-electron chi connectivity index (χ2n) is 5.24. The van der Waals surface area contributed by atoms with Crippen LogP contribution in [0.5, 0.6) is 0 Å². The first kappa shape index (κ1) is 20.2. The number of nitrogens with zero attached hydrogens (tertiary/aromatic N) is 3. The highest BCUT2D eigenvalue weighted by Gasteiger charge is 2.10. The molecule has 0 spiro atoms. The maximum absolute atomic E-state index is 11.5. The number of halogens is 1. The van der Waals surface area contributed by atoms with Crippen molar-refractivity contribution in [2.75, 3.05) is 34.4 Å². The van der Waals surface area contributed by atoms with Crippen LogP contribution in [0.3, 0.4) is 0 Å². The molecule has 0 aliphatic heterocycles. The lowest BCUT2D eigenvalue weighted by Gasteiger charge is -2.22. The van der Waals surface area contributed by atoms with Crippen molar-refractivity contribution in [1.82, 2.24) is 9.80 Å². The summed E-state index contributed by atoms with van der Waals surface area (Å²) in [6.07, 6.45) is 1.25. The van der Waals surface area contributed by atoms with Gasteiger partial charge in [-0.05, 0) is 11.1 Å². The molecule has 0 aliphatic rings. The van der Waals surface area contributed by atoms with Crippen LogP contribution in [-0.2, 0) is 22.1 Å². The van der Waals surface area contributed by atoms with Gasteiger partial charge in [0, 0.05) is 34.4 Å². The smallest absolute Gasteiger partial charge is 0.195 e. The summed E-state index contributed by atoms with van der Waals surface area (Å²) in [6.45, 7) is 0.470. The van der Waals surface area contributed by atoms with E-state index in [2.05, 4.69) is 4.99 Å². The average molecular weight is 425 g/mol. The highest BCUT2D eigenvalue weighted by molar-refractivity contribution is 14.0. The third-order valence-electron chi connectivity index (χ3n) is 2.73. The van der Waals surface area contributed by atoms with Crippen molar-refractivity contribution >= 4 is 39.8 Å². The molecule has 0 amide bonds. The van der Waals surface area contributed by atoms with Gasteiger partial charge in [0.1, 0.15) is 0 Å². The molecule has 0 unspecified atom stereocenters. The van der Waals surface area contributed by atoms with Crippen molar-refractivity contribution in [2.45, 2.75) is 12.3 Å². The van der Waals surface area contributed by atoms with Gasteiger partial charge >= 0.3 is 0 Å². The lowest BCUT2D eigenvalue weighted by atomic mass is 10.1. The Hall–Kier alpha value is -0.830. The van der Waals surface area contributed by atoms with Crippen LogP contribution in [0.4, 0.5) is 0 Å². The van der Waals surface area contributed by atoms with E-state index in [1.807, 2.05) is 62.3 Å². The van der Waals surface area contributed by atoms with E-state index >= 15 is 0 Å². The number of hydrogen-bond donors (Lipinski definition) is 0. The molecule has 0 N–H and O–H groups in total. The number of benzene rings is 1. The monoisotopic (exact) mass is 425 g/mol. The van der Waals surface area contributed by atoms with Crippen LogP contribution >= 0.6 is 24.0 Å². The van der Waals surface area contributed by atoms with Gasteiger partial charge in [-0.15, -0.1) is 24.0 Å². The van der Waals surface area contributed by atoms with Gasteiger partial charge in [0.2, 0.25) is 0 Å². The third kappa shape index (κ3) is 7.12. The molecule has 1 aromatic rings. The van der Waals surface area contributed by atoms with Crippen LogP contribution in [0.25, 0.3) is 0 Å². The molecule has 0 atom stereocenters. The van der Waals surface area contributed by atoms with Gasteiger partial charge in [-0.1, -0.05) is 24.3 Å². The summed E-state index contributed by atoms with van der Waals surface area (Å²) in [5.74, 6) is 0.900. The molecule has 120 valence electrons. The van der Waals surface area contributed by atoms with Crippen molar-refractivity contribution in [1.29, 1.82) is 0 Å². The van der Waals surface area contributed by atoms with E-state index in [0.717, 1.165) is 17.1 Å². The number of sulfone groups is 1. The SMILES string of the molecule is CN(C)C(=NCc1ccccc1CS(C)(=O)=O)N(C)C.I. The Kier molecular flexibility index (Phi) is 8.23. The lowest BCUT2D eigenvalue weighted by molar-refractivity contribution is 0.479. The molecule has 1 rings (SSSR count). The molecule has 0 aliphatic carbocycles. The molecule has 1 aromatic carbocycles. The molecule has 5 nitrogen and oxygen atoms in total.